The van der Waals surface area contributed by atoms with E-state index in [9.17, 15) is 29.6 Å². The number of methoxy groups -OCH3 is 2. The molecule has 1 aliphatic carbocycles. The van der Waals surface area contributed by atoms with Crippen molar-refractivity contribution in [1.82, 2.24) is 5.32 Å². The van der Waals surface area contributed by atoms with Gasteiger partial charge in [-0.05, 0) is 36.6 Å². The summed E-state index contributed by atoms with van der Waals surface area (Å²) in [4.78, 5) is 50.6. The first-order valence-corrected chi connectivity index (χ1v) is 12.9. The normalized spacial score (nSPS) is 21.2. The fourth-order valence-corrected chi connectivity index (χ4v) is 5.26. The third-order valence-corrected chi connectivity index (χ3v) is 7.32. The highest BCUT2D eigenvalue weighted by molar-refractivity contribution is 7.99. The number of nitrogens with zero attached hydrogens (tertiary/aromatic N) is 1. The lowest BCUT2D eigenvalue weighted by Crippen LogP contribution is -2.43. The summed E-state index contributed by atoms with van der Waals surface area (Å²) in [6.45, 7) is 5.51. The van der Waals surface area contributed by atoms with Crippen molar-refractivity contribution < 1.29 is 38.6 Å². The summed E-state index contributed by atoms with van der Waals surface area (Å²) in [5.41, 5.74) is 0.637. The van der Waals surface area contributed by atoms with Crippen LogP contribution < -0.4 is 10.1 Å². The fourth-order valence-electron chi connectivity index (χ4n) is 4.78. The van der Waals surface area contributed by atoms with Crippen molar-refractivity contribution in [2.45, 2.75) is 33.1 Å². The molecule has 0 amide bonds. The van der Waals surface area contributed by atoms with Crippen LogP contribution in [0.5, 0.6) is 11.5 Å². The number of phenolic OH excluding ortho intramolecular Hbond substituents is 1. The number of phenols is 1. The molecule has 0 aromatic heterocycles. The number of Topliss-reactive ketones (excluding diaryl/α,β-unsaturated/α-hetero) is 1. The third kappa shape index (κ3) is 5.43. The van der Waals surface area contributed by atoms with Crippen molar-refractivity contribution in [3.63, 3.8) is 0 Å². The van der Waals surface area contributed by atoms with E-state index in [0.29, 0.717) is 23.6 Å². The Kier molecular flexibility index (Phi) is 8.85. The van der Waals surface area contributed by atoms with Gasteiger partial charge in [0.15, 0.2) is 11.5 Å². The Balaban J connectivity index is 2.22. The Morgan fingerprint density at radius 3 is 2.59 bits per heavy atom. The number of ether oxygens (including phenoxy) is 3. The van der Waals surface area contributed by atoms with Gasteiger partial charge in [0.25, 0.3) is 0 Å². The number of esters is 2. The average Bonchev–Trinajstić information content (AvgIpc) is 2.85. The molecule has 3 atom stereocenters. The van der Waals surface area contributed by atoms with Crippen molar-refractivity contribution in [3.05, 3.63) is 50.4 Å². The van der Waals surface area contributed by atoms with Gasteiger partial charge in [-0.2, -0.15) is 11.8 Å². The van der Waals surface area contributed by atoms with Gasteiger partial charge in [0.05, 0.1) is 24.7 Å². The summed E-state index contributed by atoms with van der Waals surface area (Å²) < 4.78 is 15.5. The number of carbonyl (C=O) groups is 3. The van der Waals surface area contributed by atoms with Gasteiger partial charge < -0.3 is 24.6 Å². The summed E-state index contributed by atoms with van der Waals surface area (Å²) in [6.07, 6.45) is 0.307. The number of hydrogen-bond acceptors (Lipinski definition) is 11. The lowest BCUT2D eigenvalue weighted by molar-refractivity contribution is -0.386. The van der Waals surface area contributed by atoms with Crippen molar-refractivity contribution in [3.8, 4) is 11.5 Å². The van der Waals surface area contributed by atoms with E-state index < -0.39 is 45.9 Å². The number of aromatic hydroxyl groups is 1. The van der Waals surface area contributed by atoms with E-state index in [1.165, 1.54) is 20.3 Å². The highest BCUT2D eigenvalue weighted by atomic mass is 32.2. The summed E-state index contributed by atoms with van der Waals surface area (Å²) in [7, 11) is 2.43. The van der Waals surface area contributed by atoms with E-state index in [2.05, 4.69) is 5.32 Å². The van der Waals surface area contributed by atoms with Crippen molar-refractivity contribution >= 4 is 35.2 Å². The van der Waals surface area contributed by atoms with Crippen LogP contribution in [-0.4, -0.2) is 60.1 Å². The maximum absolute atomic E-state index is 13.8. The van der Waals surface area contributed by atoms with E-state index in [1.54, 1.807) is 25.6 Å². The SMILES string of the molecule is CCSCCOC(=O)C1=C(C)NC2=C(C(=O)[C@@H](C(=O)OC)[C@@H](C)C2)[C@@H]1c1cc(OC)c(O)c([N+](=O)[O-])c1. The predicted octanol–water partition coefficient (Wildman–Crippen LogP) is 3.22. The number of nitrogens with one attached hydrogen (secondary N) is 1. The van der Waals surface area contributed by atoms with Gasteiger partial charge in [-0.25, -0.2) is 4.79 Å². The fraction of sp³-hybridized carbons (Fsp3) is 0.480. The molecule has 0 unspecified atom stereocenters. The van der Waals surface area contributed by atoms with Gasteiger partial charge in [0, 0.05) is 34.7 Å². The molecule has 2 N–H and O–H groups in total. The monoisotopic (exact) mass is 534 g/mol. The molecule has 37 heavy (non-hydrogen) atoms. The molecule has 0 fully saturated rings. The molecule has 1 heterocycles. The van der Waals surface area contributed by atoms with Crippen LogP contribution in [0.3, 0.4) is 0 Å². The van der Waals surface area contributed by atoms with Gasteiger partial charge in [-0.15, -0.1) is 0 Å². The standard InChI is InChI=1S/C25H30N2O9S/c1-6-37-8-7-36-25(31)19-13(3)26-15-9-12(2)18(24(30)35-5)23(29)21(15)20(19)14-10-16(27(32)33)22(28)17(11-14)34-4/h10-12,18,20,26,28H,6-9H2,1-5H3/t12-,18-,20+/m0/s1. The molecule has 0 radical (unpaired) electrons. The summed E-state index contributed by atoms with van der Waals surface area (Å²) in [5, 5.41) is 25.2. The first-order chi connectivity index (χ1) is 17.6. The minimum absolute atomic E-state index is 0.0776. The van der Waals surface area contributed by atoms with Gasteiger partial charge in [-0.3, -0.25) is 19.7 Å². The minimum atomic E-state index is -1.11. The first-order valence-electron chi connectivity index (χ1n) is 11.7. The topological polar surface area (TPSA) is 154 Å². The number of nitro groups is 1. The van der Waals surface area contributed by atoms with Crippen molar-refractivity contribution in [2.75, 3.05) is 32.3 Å². The Labute approximate surface area is 218 Å². The van der Waals surface area contributed by atoms with Crippen LogP contribution in [0, 0.1) is 22.0 Å². The lowest BCUT2D eigenvalue weighted by Gasteiger charge is -2.38. The highest BCUT2D eigenvalue weighted by Crippen LogP contribution is 2.48. The molecule has 2 aliphatic rings. The molecular weight excluding hydrogens is 504 g/mol. The van der Waals surface area contributed by atoms with Crippen LogP contribution in [0.4, 0.5) is 5.69 Å². The number of nitro benzene ring substituents is 1. The molecule has 1 aromatic carbocycles. The van der Waals surface area contributed by atoms with Crippen molar-refractivity contribution in [1.29, 1.82) is 0 Å². The van der Waals surface area contributed by atoms with E-state index in [-0.39, 0.29) is 35.0 Å². The molecule has 0 saturated carbocycles. The quantitative estimate of drug-likeness (QED) is 0.158. The summed E-state index contributed by atoms with van der Waals surface area (Å²) in [5.74, 6) is -4.03. The molecule has 1 aliphatic heterocycles. The Bertz CT molecular complexity index is 1190. The predicted molar refractivity (Wildman–Crippen MR) is 135 cm³/mol. The van der Waals surface area contributed by atoms with Crippen LogP contribution in [0.15, 0.2) is 34.7 Å². The van der Waals surface area contributed by atoms with Gasteiger partial charge in [0.1, 0.15) is 12.5 Å². The zero-order valence-electron chi connectivity index (χ0n) is 21.3. The number of thioether (sulfide) groups is 1. The zero-order chi connectivity index (χ0) is 27.4. The largest absolute Gasteiger partial charge is 0.500 e. The molecular formula is C25H30N2O9S. The first kappa shape index (κ1) is 28.0. The van der Waals surface area contributed by atoms with Crippen LogP contribution in [0.2, 0.25) is 0 Å². The molecule has 11 nitrogen and oxygen atoms in total. The average molecular weight is 535 g/mol. The van der Waals surface area contributed by atoms with E-state index in [1.807, 2.05) is 6.92 Å². The Morgan fingerprint density at radius 1 is 1.30 bits per heavy atom. The minimum Gasteiger partial charge on any atom is -0.500 e. The number of dihydropyridines is 1. The maximum atomic E-state index is 13.8. The second-order valence-corrected chi connectivity index (χ2v) is 10.1. The number of rotatable bonds is 9. The smallest absolute Gasteiger partial charge is 0.336 e. The molecule has 3 rings (SSSR count). The van der Waals surface area contributed by atoms with Gasteiger partial charge in [-0.1, -0.05) is 13.8 Å². The lowest BCUT2D eigenvalue weighted by atomic mass is 9.69. The highest BCUT2D eigenvalue weighted by Gasteiger charge is 2.47. The zero-order valence-corrected chi connectivity index (χ0v) is 22.1. The molecule has 12 heteroatoms. The molecule has 1 aromatic rings. The third-order valence-electron chi connectivity index (χ3n) is 6.46. The molecule has 0 bridgehead atoms. The number of carbonyl (C=O) groups excluding carboxylic acids is 3. The van der Waals surface area contributed by atoms with Crippen LogP contribution >= 0.6 is 11.8 Å². The summed E-state index contributed by atoms with van der Waals surface area (Å²) in [6, 6.07) is 2.44. The number of ketones is 1. The van der Waals surface area contributed by atoms with E-state index in [0.717, 1.165) is 11.8 Å². The second-order valence-electron chi connectivity index (χ2n) is 8.72. The molecule has 0 spiro atoms. The van der Waals surface area contributed by atoms with Gasteiger partial charge in [0.2, 0.25) is 5.75 Å². The van der Waals surface area contributed by atoms with Crippen LogP contribution in [0.25, 0.3) is 0 Å². The van der Waals surface area contributed by atoms with Crippen LogP contribution in [0.1, 0.15) is 38.7 Å². The number of allylic oxidation sites excluding steroid dienone is 3. The Hall–Kier alpha value is -3.54. The Morgan fingerprint density at radius 2 is 2.00 bits per heavy atom. The molecule has 200 valence electrons. The van der Waals surface area contributed by atoms with Crippen molar-refractivity contribution in [2.24, 2.45) is 11.8 Å². The summed E-state index contributed by atoms with van der Waals surface area (Å²) >= 11 is 1.59. The number of benzene rings is 1. The van der Waals surface area contributed by atoms with Crippen LogP contribution in [-0.2, 0) is 23.9 Å². The maximum Gasteiger partial charge on any atom is 0.336 e. The van der Waals surface area contributed by atoms with E-state index >= 15 is 0 Å². The van der Waals surface area contributed by atoms with Gasteiger partial charge >= 0.3 is 17.6 Å². The number of hydrogen-bond donors (Lipinski definition) is 2. The van der Waals surface area contributed by atoms with E-state index in [4.69, 9.17) is 14.2 Å². The second kappa shape index (κ2) is 11.7. The molecule has 0 saturated heterocycles.